The quantitative estimate of drug-likeness (QED) is 0.154. The van der Waals surface area contributed by atoms with Crippen molar-refractivity contribution in [1.29, 1.82) is 0 Å². The van der Waals surface area contributed by atoms with E-state index in [2.05, 4.69) is 41.6 Å². The van der Waals surface area contributed by atoms with Crippen LogP contribution >= 0.6 is 27.7 Å². The van der Waals surface area contributed by atoms with Crippen molar-refractivity contribution in [2.75, 3.05) is 5.75 Å². The Morgan fingerprint density at radius 1 is 1.15 bits per heavy atom. The summed E-state index contributed by atoms with van der Waals surface area (Å²) in [6, 6.07) is 17.2. The minimum atomic E-state index is -0.480. The SMILES string of the molecule is O=C(CSc1nnc(-c2cccnc2)n1-c1ccc(Br)cc1)NN=Cc1ccc([N+](=O)[O-])cc1. The number of hydrogen-bond acceptors (Lipinski definition) is 8. The molecule has 0 fully saturated rings. The lowest BCUT2D eigenvalue weighted by Crippen LogP contribution is -2.20. The van der Waals surface area contributed by atoms with Crippen molar-refractivity contribution in [1.82, 2.24) is 25.2 Å². The largest absolute Gasteiger partial charge is 0.272 e. The molecule has 12 heteroatoms. The van der Waals surface area contributed by atoms with Crippen LogP contribution in [0.2, 0.25) is 0 Å². The van der Waals surface area contributed by atoms with E-state index in [1.165, 1.54) is 30.1 Å². The second-order valence-corrected chi connectivity index (χ2v) is 8.65. The molecular formula is C22H16BrN7O3S. The first kappa shape index (κ1) is 23.3. The van der Waals surface area contributed by atoms with Gasteiger partial charge < -0.3 is 0 Å². The van der Waals surface area contributed by atoms with E-state index in [1.54, 1.807) is 24.5 Å². The zero-order chi connectivity index (χ0) is 23.9. The van der Waals surface area contributed by atoms with Crippen molar-refractivity contribution in [3.8, 4) is 17.1 Å². The second-order valence-electron chi connectivity index (χ2n) is 6.79. The molecule has 170 valence electrons. The number of benzene rings is 2. The normalized spacial score (nSPS) is 11.0. The molecule has 0 aliphatic heterocycles. The highest BCUT2D eigenvalue weighted by atomic mass is 79.9. The number of carbonyl (C=O) groups is 1. The van der Waals surface area contributed by atoms with Gasteiger partial charge in [0, 0.05) is 40.2 Å². The molecule has 0 saturated carbocycles. The topological polar surface area (TPSA) is 128 Å². The third-order valence-electron chi connectivity index (χ3n) is 4.48. The lowest BCUT2D eigenvalue weighted by molar-refractivity contribution is -0.384. The standard InChI is InChI=1S/C22H16BrN7O3S/c23-17-5-9-18(10-6-17)29-21(16-2-1-11-24-13-16)27-28-22(29)34-14-20(31)26-25-12-15-3-7-19(8-4-15)30(32)33/h1-13H,14H2,(H,26,31). The maximum Gasteiger partial charge on any atom is 0.269 e. The maximum atomic E-state index is 12.3. The molecule has 4 aromatic rings. The van der Waals surface area contributed by atoms with E-state index in [4.69, 9.17) is 0 Å². The van der Waals surface area contributed by atoms with Gasteiger partial charge in [-0.25, -0.2) is 5.43 Å². The average molecular weight is 538 g/mol. The molecule has 0 saturated heterocycles. The van der Waals surface area contributed by atoms with Gasteiger partial charge in [0.1, 0.15) is 0 Å². The number of carbonyl (C=O) groups excluding carboxylic acids is 1. The number of hydrazone groups is 1. The zero-order valence-electron chi connectivity index (χ0n) is 17.4. The Kier molecular flexibility index (Phi) is 7.40. The van der Waals surface area contributed by atoms with Gasteiger partial charge in [0.15, 0.2) is 11.0 Å². The highest BCUT2D eigenvalue weighted by Crippen LogP contribution is 2.28. The predicted molar refractivity (Wildman–Crippen MR) is 132 cm³/mol. The van der Waals surface area contributed by atoms with Crippen molar-refractivity contribution in [2.45, 2.75) is 5.16 Å². The van der Waals surface area contributed by atoms with Crippen LogP contribution in [0.4, 0.5) is 5.69 Å². The first-order valence-electron chi connectivity index (χ1n) is 9.82. The third kappa shape index (κ3) is 5.71. The molecule has 0 aliphatic rings. The number of pyridine rings is 1. The average Bonchev–Trinajstić information content (AvgIpc) is 3.28. The van der Waals surface area contributed by atoms with Gasteiger partial charge in [0.25, 0.3) is 11.6 Å². The van der Waals surface area contributed by atoms with Crippen LogP contribution in [0, 0.1) is 10.1 Å². The van der Waals surface area contributed by atoms with Gasteiger partial charge in [-0.3, -0.25) is 24.5 Å². The molecule has 0 radical (unpaired) electrons. The molecule has 0 spiro atoms. The van der Waals surface area contributed by atoms with Gasteiger partial charge in [-0.15, -0.1) is 10.2 Å². The fourth-order valence-corrected chi connectivity index (χ4v) is 3.90. The number of rotatable bonds is 8. The lowest BCUT2D eigenvalue weighted by atomic mass is 10.2. The fraction of sp³-hybridized carbons (Fsp3) is 0.0455. The van der Waals surface area contributed by atoms with Gasteiger partial charge in [-0.1, -0.05) is 27.7 Å². The number of amides is 1. The molecule has 1 amide bonds. The Balaban J connectivity index is 1.46. The van der Waals surface area contributed by atoms with E-state index < -0.39 is 4.92 Å². The summed E-state index contributed by atoms with van der Waals surface area (Å²) in [7, 11) is 0. The van der Waals surface area contributed by atoms with Crippen LogP contribution in [-0.2, 0) is 4.79 Å². The predicted octanol–water partition coefficient (Wildman–Crippen LogP) is 4.24. The summed E-state index contributed by atoms with van der Waals surface area (Å²) in [5.41, 5.74) is 4.68. The zero-order valence-corrected chi connectivity index (χ0v) is 19.8. The third-order valence-corrected chi connectivity index (χ3v) is 5.93. The molecule has 34 heavy (non-hydrogen) atoms. The molecule has 2 heterocycles. The van der Waals surface area contributed by atoms with Crippen molar-refractivity contribution in [3.63, 3.8) is 0 Å². The molecule has 0 atom stereocenters. The number of nitro groups is 1. The van der Waals surface area contributed by atoms with Crippen LogP contribution in [0.15, 0.2) is 87.8 Å². The first-order valence-corrected chi connectivity index (χ1v) is 11.6. The smallest absolute Gasteiger partial charge is 0.269 e. The van der Waals surface area contributed by atoms with E-state index in [9.17, 15) is 14.9 Å². The number of aromatic nitrogens is 4. The number of nitrogens with zero attached hydrogens (tertiary/aromatic N) is 6. The minimum Gasteiger partial charge on any atom is -0.272 e. The summed E-state index contributed by atoms with van der Waals surface area (Å²) >= 11 is 4.66. The molecule has 2 aromatic carbocycles. The molecule has 4 rings (SSSR count). The van der Waals surface area contributed by atoms with Crippen LogP contribution in [0.5, 0.6) is 0 Å². The summed E-state index contributed by atoms with van der Waals surface area (Å²) in [4.78, 5) is 26.7. The van der Waals surface area contributed by atoms with Gasteiger partial charge >= 0.3 is 0 Å². The fourth-order valence-electron chi connectivity index (χ4n) is 2.89. The van der Waals surface area contributed by atoms with E-state index in [-0.39, 0.29) is 17.3 Å². The Bertz CT molecular complexity index is 1330. The van der Waals surface area contributed by atoms with Crippen molar-refractivity contribution < 1.29 is 9.72 Å². The summed E-state index contributed by atoms with van der Waals surface area (Å²) in [5, 5.41) is 23.7. The van der Waals surface area contributed by atoms with Crippen molar-refractivity contribution >= 4 is 45.5 Å². The second kappa shape index (κ2) is 10.8. The summed E-state index contributed by atoms with van der Waals surface area (Å²) < 4.78 is 2.80. The molecule has 2 aromatic heterocycles. The van der Waals surface area contributed by atoms with Gasteiger partial charge in [-0.05, 0) is 54.1 Å². The number of nitrogens with one attached hydrogen (secondary N) is 1. The highest BCUT2D eigenvalue weighted by molar-refractivity contribution is 9.10. The monoisotopic (exact) mass is 537 g/mol. The Labute approximate surface area is 206 Å². The lowest BCUT2D eigenvalue weighted by Gasteiger charge is -2.10. The van der Waals surface area contributed by atoms with Crippen LogP contribution < -0.4 is 5.43 Å². The van der Waals surface area contributed by atoms with Crippen LogP contribution in [0.25, 0.3) is 17.1 Å². The summed E-state index contributed by atoms with van der Waals surface area (Å²) in [6.07, 6.45) is 4.80. The molecule has 1 N–H and O–H groups in total. The van der Waals surface area contributed by atoms with Crippen LogP contribution in [0.1, 0.15) is 5.56 Å². The molecule has 10 nitrogen and oxygen atoms in total. The first-order chi connectivity index (χ1) is 16.5. The summed E-state index contributed by atoms with van der Waals surface area (Å²) in [5.74, 6) is 0.324. The van der Waals surface area contributed by atoms with E-state index >= 15 is 0 Å². The Morgan fingerprint density at radius 3 is 2.59 bits per heavy atom. The Hall–Kier alpha value is -3.90. The van der Waals surface area contributed by atoms with E-state index in [1.807, 2.05) is 41.0 Å². The minimum absolute atomic E-state index is 0.0156. The number of thioether (sulfide) groups is 1. The number of hydrogen-bond donors (Lipinski definition) is 1. The number of non-ortho nitro benzene ring substituents is 1. The van der Waals surface area contributed by atoms with Crippen molar-refractivity contribution in [2.24, 2.45) is 5.10 Å². The number of nitro benzene ring substituents is 1. The molecule has 0 bridgehead atoms. The molecule has 0 unspecified atom stereocenters. The van der Waals surface area contributed by atoms with E-state index in [0.29, 0.717) is 16.5 Å². The van der Waals surface area contributed by atoms with Gasteiger partial charge in [-0.2, -0.15) is 5.10 Å². The highest BCUT2D eigenvalue weighted by Gasteiger charge is 2.17. The molecular weight excluding hydrogens is 522 g/mol. The van der Waals surface area contributed by atoms with Gasteiger partial charge in [0.05, 0.1) is 16.9 Å². The van der Waals surface area contributed by atoms with E-state index in [0.717, 1.165) is 15.7 Å². The maximum absolute atomic E-state index is 12.3. The number of halogens is 1. The van der Waals surface area contributed by atoms with Crippen molar-refractivity contribution in [3.05, 3.63) is 93.2 Å². The van der Waals surface area contributed by atoms with Gasteiger partial charge in [0.2, 0.25) is 0 Å². The summed E-state index contributed by atoms with van der Waals surface area (Å²) in [6.45, 7) is 0. The van der Waals surface area contributed by atoms with Crippen LogP contribution in [-0.4, -0.2) is 42.5 Å². The molecule has 0 aliphatic carbocycles. The Morgan fingerprint density at radius 2 is 1.91 bits per heavy atom. The van der Waals surface area contributed by atoms with Crippen LogP contribution in [0.3, 0.4) is 0 Å².